The van der Waals surface area contributed by atoms with Gasteiger partial charge in [0, 0.05) is 12.5 Å². The van der Waals surface area contributed by atoms with E-state index in [0.717, 1.165) is 5.56 Å². The first-order valence-corrected chi connectivity index (χ1v) is 5.45. The van der Waals surface area contributed by atoms with Crippen molar-refractivity contribution in [3.63, 3.8) is 0 Å². The molecule has 2 N–H and O–H groups in total. The molecule has 15 heavy (non-hydrogen) atoms. The van der Waals surface area contributed by atoms with Crippen LogP contribution in [0.15, 0.2) is 24.3 Å². The Labute approximate surface area is 92.3 Å². The molecule has 0 radical (unpaired) electrons. The number of hydrogen-bond donors (Lipinski definition) is 2. The highest BCUT2D eigenvalue weighted by Crippen LogP contribution is 2.12. The van der Waals surface area contributed by atoms with Gasteiger partial charge in [-0.1, -0.05) is 29.8 Å². The van der Waals surface area contributed by atoms with E-state index in [0.29, 0.717) is 6.42 Å². The summed E-state index contributed by atoms with van der Waals surface area (Å²) in [6.07, 6.45) is 0.630. The van der Waals surface area contributed by atoms with E-state index in [4.69, 9.17) is 0 Å². The first-order valence-electron chi connectivity index (χ1n) is 5.45. The Morgan fingerprint density at radius 2 is 1.80 bits per heavy atom. The molecule has 84 valence electrons. The van der Waals surface area contributed by atoms with Crippen molar-refractivity contribution in [2.45, 2.75) is 45.9 Å². The van der Waals surface area contributed by atoms with Crippen molar-refractivity contribution in [2.24, 2.45) is 0 Å². The molecule has 0 saturated heterocycles. The molecule has 1 aromatic carbocycles. The predicted octanol–water partition coefficient (Wildman–Crippen LogP) is 2.24. The van der Waals surface area contributed by atoms with Crippen LogP contribution in [0, 0.1) is 6.92 Å². The predicted molar refractivity (Wildman–Crippen MR) is 63.8 cm³/mol. The second-order valence-corrected chi connectivity index (χ2v) is 4.74. The third-order valence-corrected chi connectivity index (χ3v) is 2.27. The lowest BCUT2D eigenvalue weighted by Gasteiger charge is -2.27. The van der Waals surface area contributed by atoms with Crippen LogP contribution in [0.4, 0.5) is 0 Å². The summed E-state index contributed by atoms with van der Waals surface area (Å²) in [5.74, 6) is 0. The van der Waals surface area contributed by atoms with E-state index in [1.807, 2.05) is 20.8 Å². The fourth-order valence-electron chi connectivity index (χ4n) is 1.78. The SMILES string of the molecule is Cc1ccc(CC(C)(O)NC(C)C)cc1. The maximum Gasteiger partial charge on any atom is 0.117 e. The molecule has 1 unspecified atom stereocenters. The van der Waals surface area contributed by atoms with E-state index in [1.54, 1.807) is 0 Å². The molecule has 0 bridgehead atoms. The van der Waals surface area contributed by atoms with Gasteiger partial charge >= 0.3 is 0 Å². The van der Waals surface area contributed by atoms with Crippen molar-refractivity contribution < 1.29 is 5.11 Å². The van der Waals surface area contributed by atoms with Crippen molar-refractivity contribution in [2.75, 3.05) is 0 Å². The Morgan fingerprint density at radius 1 is 1.27 bits per heavy atom. The molecule has 0 amide bonds. The van der Waals surface area contributed by atoms with Crippen molar-refractivity contribution in [1.82, 2.24) is 5.32 Å². The number of nitrogens with one attached hydrogen (secondary N) is 1. The van der Waals surface area contributed by atoms with Crippen LogP contribution in [0.2, 0.25) is 0 Å². The maximum atomic E-state index is 10.1. The normalized spacial score (nSPS) is 15.3. The van der Waals surface area contributed by atoms with Gasteiger partial charge in [0.15, 0.2) is 0 Å². The molecular formula is C13H21NO. The Hall–Kier alpha value is -0.860. The number of hydrogen-bond acceptors (Lipinski definition) is 2. The van der Waals surface area contributed by atoms with Crippen LogP contribution in [-0.2, 0) is 6.42 Å². The first-order chi connectivity index (χ1) is 6.89. The van der Waals surface area contributed by atoms with E-state index >= 15 is 0 Å². The van der Waals surface area contributed by atoms with E-state index in [2.05, 4.69) is 36.5 Å². The highest BCUT2D eigenvalue weighted by molar-refractivity contribution is 5.22. The monoisotopic (exact) mass is 207 g/mol. The van der Waals surface area contributed by atoms with Gasteiger partial charge in [-0.3, -0.25) is 5.32 Å². The second kappa shape index (κ2) is 4.77. The number of rotatable bonds is 4. The van der Waals surface area contributed by atoms with Gasteiger partial charge in [-0.15, -0.1) is 0 Å². The minimum atomic E-state index is -0.830. The average Bonchev–Trinajstić information content (AvgIpc) is 2.06. The van der Waals surface area contributed by atoms with E-state index < -0.39 is 5.72 Å². The third-order valence-electron chi connectivity index (χ3n) is 2.27. The molecule has 0 heterocycles. The molecule has 0 fully saturated rings. The molecule has 1 atom stereocenters. The largest absolute Gasteiger partial charge is 0.376 e. The summed E-state index contributed by atoms with van der Waals surface area (Å²) in [6, 6.07) is 8.55. The highest BCUT2D eigenvalue weighted by atomic mass is 16.3. The van der Waals surface area contributed by atoms with E-state index in [1.165, 1.54) is 5.56 Å². The summed E-state index contributed by atoms with van der Waals surface area (Å²) in [4.78, 5) is 0. The Bertz CT molecular complexity index is 301. The molecule has 0 saturated carbocycles. The molecule has 0 aliphatic heterocycles. The average molecular weight is 207 g/mol. The van der Waals surface area contributed by atoms with Gasteiger partial charge in [0.1, 0.15) is 5.72 Å². The van der Waals surface area contributed by atoms with Crippen molar-refractivity contribution in [1.29, 1.82) is 0 Å². The lowest BCUT2D eigenvalue weighted by Crippen LogP contribution is -2.47. The zero-order chi connectivity index (χ0) is 11.5. The lowest BCUT2D eigenvalue weighted by atomic mass is 10.0. The fourth-order valence-corrected chi connectivity index (χ4v) is 1.78. The summed E-state index contributed by atoms with van der Waals surface area (Å²) < 4.78 is 0. The van der Waals surface area contributed by atoms with Crippen LogP contribution in [0.25, 0.3) is 0 Å². The van der Waals surface area contributed by atoms with Gasteiger partial charge in [-0.2, -0.15) is 0 Å². The smallest absolute Gasteiger partial charge is 0.117 e. The molecule has 1 rings (SSSR count). The zero-order valence-corrected chi connectivity index (χ0v) is 10.0. The summed E-state index contributed by atoms with van der Waals surface area (Å²) in [7, 11) is 0. The van der Waals surface area contributed by atoms with Crippen LogP contribution in [0.3, 0.4) is 0 Å². The maximum absolute atomic E-state index is 10.1. The van der Waals surface area contributed by atoms with Crippen LogP contribution >= 0.6 is 0 Å². The van der Waals surface area contributed by atoms with Gasteiger partial charge < -0.3 is 5.11 Å². The van der Waals surface area contributed by atoms with Gasteiger partial charge in [0.05, 0.1) is 0 Å². The van der Waals surface area contributed by atoms with E-state index in [9.17, 15) is 5.11 Å². The number of benzene rings is 1. The standard InChI is InChI=1S/C13H21NO/c1-10(2)14-13(4,15)9-12-7-5-11(3)6-8-12/h5-8,10,14-15H,9H2,1-4H3. The summed E-state index contributed by atoms with van der Waals surface area (Å²) in [6.45, 7) is 7.94. The molecule has 2 nitrogen and oxygen atoms in total. The quantitative estimate of drug-likeness (QED) is 0.742. The second-order valence-electron chi connectivity index (χ2n) is 4.74. The minimum absolute atomic E-state index is 0.283. The summed E-state index contributed by atoms with van der Waals surface area (Å²) >= 11 is 0. The van der Waals surface area contributed by atoms with Crippen molar-refractivity contribution in [3.05, 3.63) is 35.4 Å². The van der Waals surface area contributed by atoms with Crippen LogP contribution in [-0.4, -0.2) is 16.9 Å². The summed E-state index contributed by atoms with van der Waals surface area (Å²) in [5.41, 5.74) is 1.57. The van der Waals surface area contributed by atoms with Gasteiger partial charge in [-0.25, -0.2) is 0 Å². The third kappa shape index (κ3) is 4.45. The highest BCUT2D eigenvalue weighted by Gasteiger charge is 2.20. The van der Waals surface area contributed by atoms with E-state index in [-0.39, 0.29) is 6.04 Å². The molecule has 0 aliphatic carbocycles. The topological polar surface area (TPSA) is 32.3 Å². The number of aryl methyl sites for hydroxylation is 1. The van der Waals surface area contributed by atoms with Crippen LogP contribution in [0.1, 0.15) is 31.9 Å². The molecule has 0 aliphatic rings. The van der Waals surface area contributed by atoms with Gasteiger partial charge in [0.2, 0.25) is 0 Å². The molecule has 0 spiro atoms. The first kappa shape index (κ1) is 12.2. The van der Waals surface area contributed by atoms with Crippen LogP contribution in [0.5, 0.6) is 0 Å². The van der Waals surface area contributed by atoms with Crippen molar-refractivity contribution in [3.8, 4) is 0 Å². The summed E-state index contributed by atoms with van der Waals surface area (Å²) in [5, 5.41) is 13.2. The molecule has 2 heteroatoms. The van der Waals surface area contributed by atoms with Crippen LogP contribution < -0.4 is 5.32 Å². The number of aliphatic hydroxyl groups is 1. The fraction of sp³-hybridized carbons (Fsp3) is 0.538. The Balaban J connectivity index is 2.64. The minimum Gasteiger partial charge on any atom is -0.376 e. The Morgan fingerprint density at radius 3 is 2.27 bits per heavy atom. The van der Waals surface area contributed by atoms with Crippen molar-refractivity contribution >= 4 is 0 Å². The molecular weight excluding hydrogens is 186 g/mol. The van der Waals surface area contributed by atoms with Gasteiger partial charge in [0.25, 0.3) is 0 Å². The van der Waals surface area contributed by atoms with Gasteiger partial charge in [-0.05, 0) is 33.3 Å². The Kier molecular flexibility index (Phi) is 3.89. The molecule has 1 aromatic rings. The zero-order valence-electron chi connectivity index (χ0n) is 10.0. The molecule has 0 aromatic heterocycles. The lowest BCUT2D eigenvalue weighted by molar-refractivity contribution is 0.0166.